The van der Waals surface area contributed by atoms with Crippen LogP contribution in [0.1, 0.15) is 27.2 Å². The lowest BCUT2D eigenvalue weighted by atomic mass is 9.96. The standard InChI is InChI=1S/C10H19NO3/c1-5-8(12)7(3)9(11-4)10(13)14-6-2/h7,9,11H,5-6H2,1-4H3/t7-,9+/m0/s1. The van der Waals surface area contributed by atoms with E-state index in [9.17, 15) is 9.59 Å². The minimum Gasteiger partial charge on any atom is -0.465 e. The first-order chi connectivity index (χ1) is 6.58. The first-order valence-corrected chi connectivity index (χ1v) is 4.95. The van der Waals surface area contributed by atoms with Crippen molar-refractivity contribution in [2.75, 3.05) is 13.7 Å². The second-order valence-electron chi connectivity index (χ2n) is 3.13. The van der Waals surface area contributed by atoms with E-state index >= 15 is 0 Å². The highest BCUT2D eigenvalue weighted by Gasteiger charge is 2.28. The van der Waals surface area contributed by atoms with Crippen molar-refractivity contribution >= 4 is 11.8 Å². The molecule has 0 radical (unpaired) electrons. The third-order valence-corrected chi connectivity index (χ3v) is 2.21. The second-order valence-corrected chi connectivity index (χ2v) is 3.13. The van der Waals surface area contributed by atoms with Gasteiger partial charge in [-0.2, -0.15) is 0 Å². The molecular weight excluding hydrogens is 182 g/mol. The fraction of sp³-hybridized carbons (Fsp3) is 0.800. The minimum absolute atomic E-state index is 0.0670. The molecule has 0 aliphatic carbocycles. The highest BCUT2D eigenvalue weighted by molar-refractivity contribution is 5.88. The van der Waals surface area contributed by atoms with E-state index in [-0.39, 0.29) is 17.7 Å². The summed E-state index contributed by atoms with van der Waals surface area (Å²) in [6.07, 6.45) is 0.443. The van der Waals surface area contributed by atoms with Gasteiger partial charge in [-0.05, 0) is 14.0 Å². The van der Waals surface area contributed by atoms with Gasteiger partial charge in [-0.1, -0.05) is 13.8 Å². The van der Waals surface area contributed by atoms with E-state index < -0.39 is 6.04 Å². The fourth-order valence-electron chi connectivity index (χ4n) is 1.31. The minimum atomic E-state index is -0.526. The van der Waals surface area contributed by atoms with Crippen LogP contribution in [0.5, 0.6) is 0 Å². The lowest BCUT2D eigenvalue weighted by molar-refractivity contribution is -0.148. The summed E-state index contributed by atoms with van der Waals surface area (Å²) < 4.78 is 4.86. The Morgan fingerprint density at radius 1 is 1.36 bits per heavy atom. The van der Waals surface area contributed by atoms with Gasteiger partial charge in [0.1, 0.15) is 11.8 Å². The summed E-state index contributed by atoms with van der Waals surface area (Å²) in [6.45, 7) is 5.61. The highest BCUT2D eigenvalue weighted by atomic mass is 16.5. The summed E-state index contributed by atoms with van der Waals surface area (Å²) in [5, 5.41) is 2.81. The Bertz CT molecular complexity index is 204. The summed E-state index contributed by atoms with van der Waals surface area (Å²) in [5.41, 5.74) is 0. The number of carbonyl (C=O) groups is 2. The second kappa shape index (κ2) is 6.54. The number of nitrogens with one attached hydrogen (secondary N) is 1. The molecule has 4 nitrogen and oxygen atoms in total. The zero-order chi connectivity index (χ0) is 11.1. The zero-order valence-corrected chi connectivity index (χ0v) is 9.29. The summed E-state index contributed by atoms with van der Waals surface area (Å²) >= 11 is 0. The Balaban J connectivity index is 4.39. The Hall–Kier alpha value is -0.900. The van der Waals surface area contributed by atoms with E-state index in [1.165, 1.54) is 0 Å². The Morgan fingerprint density at radius 3 is 2.29 bits per heavy atom. The summed E-state index contributed by atoms with van der Waals surface area (Å²) in [5.74, 6) is -0.620. The molecule has 0 saturated heterocycles. The van der Waals surface area contributed by atoms with Crippen LogP contribution in [0.25, 0.3) is 0 Å². The molecule has 82 valence electrons. The van der Waals surface area contributed by atoms with Crippen molar-refractivity contribution in [1.29, 1.82) is 0 Å². The molecule has 4 heteroatoms. The van der Waals surface area contributed by atoms with Gasteiger partial charge in [0.05, 0.1) is 6.61 Å². The van der Waals surface area contributed by atoms with Gasteiger partial charge in [-0.15, -0.1) is 0 Å². The molecule has 2 atom stereocenters. The Labute approximate surface area is 85.0 Å². The van der Waals surface area contributed by atoms with Gasteiger partial charge in [0.25, 0.3) is 0 Å². The van der Waals surface area contributed by atoms with Gasteiger partial charge >= 0.3 is 5.97 Å². The largest absolute Gasteiger partial charge is 0.465 e. The van der Waals surface area contributed by atoms with Gasteiger partial charge in [-0.25, -0.2) is 0 Å². The molecule has 0 bridgehead atoms. The maximum Gasteiger partial charge on any atom is 0.323 e. The SMILES string of the molecule is CCOC(=O)[C@H](NC)[C@@H](C)C(=O)CC. The van der Waals surface area contributed by atoms with Crippen LogP contribution in [-0.2, 0) is 14.3 Å². The fourth-order valence-corrected chi connectivity index (χ4v) is 1.31. The van der Waals surface area contributed by atoms with Gasteiger partial charge in [0.2, 0.25) is 0 Å². The van der Waals surface area contributed by atoms with Crippen molar-refractivity contribution in [2.45, 2.75) is 33.2 Å². The van der Waals surface area contributed by atoms with E-state index in [2.05, 4.69) is 5.32 Å². The number of ketones is 1. The molecule has 0 fully saturated rings. The van der Waals surface area contributed by atoms with Crippen molar-refractivity contribution in [3.8, 4) is 0 Å². The predicted molar refractivity (Wildman–Crippen MR) is 53.9 cm³/mol. The molecule has 0 aliphatic heterocycles. The molecule has 0 saturated carbocycles. The normalized spacial score (nSPS) is 14.6. The first kappa shape index (κ1) is 13.1. The predicted octanol–water partition coefficient (Wildman–Crippen LogP) is 0.753. The molecular formula is C10H19NO3. The first-order valence-electron chi connectivity index (χ1n) is 4.95. The molecule has 0 amide bonds. The third-order valence-electron chi connectivity index (χ3n) is 2.21. The van der Waals surface area contributed by atoms with E-state index in [0.29, 0.717) is 13.0 Å². The van der Waals surface area contributed by atoms with Crippen molar-refractivity contribution in [1.82, 2.24) is 5.32 Å². The number of rotatable bonds is 6. The van der Waals surface area contributed by atoms with E-state index in [4.69, 9.17) is 4.74 Å². The highest BCUT2D eigenvalue weighted by Crippen LogP contribution is 2.08. The Morgan fingerprint density at radius 2 is 1.93 bits per heavy atom. The van der Waals surface area contributed by atoms with Crippen LogP contribution in [-0.4, -0.2) is 31.4 Å². The average Bonchev–Trinajstić information content (AvgIpc) is 2.18. The van der Waals surface area contributed by atoms with Gasteiger partial charge in [0, 0.05) is 12.3 Å². The van der Waals surface area contributed by atoms with Crippen molar-refractivity contribution in [2.24, 2.45) is 5.92 Å². The molecule has 0 aromatic carbocycles. The molecule has 14 heavy (non-hydrogen) atoms. The van der Waals surface area contributed by atoms with Crippen LogP contribution in [0.2, 0.25) is 0 Å². The van der Waals surface area contributed by atoms with Crippen LogP contribution in [0.3, 0.4) is 0 Å². The van der Waals surface area contributed by atoms with Gasteiger partial charge < -0.3 is 10.1 Å². The molecule has 0 heterocycles. The lowest BCUT2D eigenvalue weighted by Crippen LogP contribution is -2.43. The van der Waals surface area contributed by atoms with Crippen molar-refractivity contribution < 1.29 is 14.3 Å². The van der Waals surface area contributed by atoms with Crippen LogP contribution in [0.15, 0.2) is 0 Å². The summed E-state index contributed by atoms with van der Waals surface area (Å²) in [4.78, 5) is 22.8. The molecule has 1 N–H and O–H groups in total. The summed E-state index contributed by atoms with van der Waals surface area (Å²) in [7, 11) is 1.65. The molecule has 0 spiro atoms. The van der Waals surface area contributed by atoms with E-state index in [0.717, 1.165) is 0 Å². The maximum atomic E-state index is 11.4. The smallest absolute Gasteiger partial charge is 0.323 e. The molecule has 0 aromatic rings. The molecule has 0 rings (SSSR count). The van der Waals surface area contributed by atoms with Gasteiger partial charge in [0.15, 0.2) is 0 Å². The van der Waals surface area contributed by atoms with Crippen LogP contribution < -0.4 is 5.32 Å². The van der Waals surface area contributed by atoms with E-state index in [1.807, 2.05) is 0 Å². The topological polar surface area (TPSA) is 55.4 Å². The maximum absolute atomic E-state index is 11.4. The average molecular weight is 201 g/mol. The molecule has 0 unspecified atom stereocenters. The number of esters is 1. The van der Waals surface area contributed by atoms with E-state index in [1.54, 1.807) is 27.8 Å². The van der Waals surface area contributed by atoms with Gasteiger partial charge in [-0.3, -0.25) is 9.59 Å². The van der Waals surface area contributed by atoms with Crippen molar-refractivity contribution in [3.63, 3.8) is 0 Å². The number of ether oxygens (including phenoxy) is 1. The molecule has 0 aromatic heterocycles. The number of Topliss-reactive ketones (excluding diaryl/α,β-unsaturated/α-hetero) is 1. The zero-order valence-electron chi connectivity index (χ0n) is 9.29. The number of likely N-dealkylation sites (N-methyl/N-ethyl adjacent to an activating group) is 1. The van der Waals surface area contributed by atoms with Crippen LogP contribution in [0, 0.1) is 5.92 Å². The molecule has 0 aliphatic rings. The monoisotopic (exact) mass is 201 g/mol. The quantitative estimate of drug-likeness (QED) is 0.644. The van der Waals surface area contributed by atoms with Crippen LogP contribution >= 0.6 is 0 Å². The number of hydrogen-bond donors (Lipinski definition) is 1. The Kier molecular flexibility index (Phi) is 6.12. The number of carbonyl (C=O) groups excluding carboxylic acids is 2. The number of hydrogen-bond acceptors (Lipinski definition) is 4. The van der Waals surface area contributed by atoms with Crippen LogP contribution in [0.4, 0.5) is 0 Å². The third kappa shape index (κ3) is 3.46. The van der Waals surface area contributed by atoms with Crippen molar-refractivity contribution in [3.05, 3.63) is 0 Å². The lowest BCUT2D eigenvalue weighted by Gasteiger charge is -2.20. The summed E-state index contributed by atoms with van der Waals surface area (Å²) in [6, 6.07) is -0.526.